The molecular weight excluding hydrogens is 284 g/mol. The Kier molecular flexibility index (Phi) is 4.02. The second-order valence-electron chi connectivity index (χ2n) is 4.10. The molecule has 1 aromatic heterocycles. The van der Waals surface area contributed by atoms with Gasteiger partial charge in [0.25, 0.3) is 0 Å². The van der Waals surface area contributed by atoms with E-state index in [-0.39, 0.29) is 5.78 Å². The van der Waals surface area contributed by atoms with Gasteiger partial charge in [0.1, 0.15) is 0 Å². The van der Waals surface area contributed by atoms with Crippen LogP contribution in [-0.2, 0) is 4.79 Å². The van der Waals surface area contributed by atoms with Gasteiger partial charge in [-0.15, -0.1) is 11.3 Å². The normalized spacial score (nSPS) is 12.1. The summed E-state index contributed by atoms with van der Waals surface area (Å²) in [5, 5.41) is 9.51. The first-order chi connectivity index (χ1) is 8.99. The zero-order valence-corrected chi connectivity index (χ0v) is 11.7. The fourth-order valence-corrected chi connectivity index (χ4v) is 2.71. The highest BCUT2D eigenvalue weighted by atomic mass is 35.5. The monoisotopic (exact) mass is 294 g/mol. The van der Waals surface area contributed by atoms with Gasteiger partial charge in [-0.05, 0) is 43.3 Å². The molecule has 1 unspecified atom stereocenters. The van der Waals surface area contributed by atoms with Crippen molar-refractivity contribution in [3.05, 3.63) is 56.7 Å². The fraction of sp³-hybridized carbons (Fsp3) is 0.143. The van der Waals surface area contributed by atoms with Crippen molar-refractivity contribution in [2.45, 2.75) is 12.8 Å². The van der Waals surface area contributed by atoms with Crippen LogP contribution in [0.5, 0.6) is 0 Å². The molecule has 19 heavy (non-hydrogen) atoms. The van der Waals surface area contributed by atoms with Gasteiger partial charge in [0, 0.05) is 15.5 Å². The summed E-state index contributed by atoms with van der Waals surface area (Å²) in [6, 6.07) is 9.98. The number of carboxylic acids is 1. The number of halogens is 1. The van der Waals surface area contributed by atoms with Crippen LogP contribution in [0.4, 0.5) is 0 Å². The van der Waals surface area contributed by atoms with E-state index in [1.807, 2.05) is 0 Å². The van der Waals surface area contributed by atoms with E-state index in [2.05, 4.69) is 0 Å². The third-order valence-electron chi connectivity index (χ3n) is 2.75. The SMILES string of the molecule is CC(C(=O)O)c1ccc(C(=O)c2ccc(Cl)cc2)s1. The van der Waals surface area contributed by atoms with Crippen LogP contribution < -0.4 is 0 Å². The first kappa shape index (κ1) is 13.8. The Bertz CT molecular complexity index is 616. The number of thiophene rings is 1. The number of hydrogen-bond donors (Lipinski definition) is 1. The van der Waals surface area contributed by atoms with E-state index in [1.54, 1.807) is 43.3 Å². The summed E-state index contributed by atoms with van der Waals surface area (Å²) in [4.78, 5) is 24.3. The summed E-state index contributed by atoms with van der Waals surface area (Å²) in [5.41, 5.74) is 0.542. The van der Waals surface area contributed by atoms with Gasteiger partial charge < -0.3 is 5.11 Å². The van der Waals surface area contributed by atoms with Crippen LogP contribution in [0.15, 0.2) is 36.4 Å². The molecule has 0 aliphatic rings. The molecule has 0 spiro atoms. The van der Waals surface area contributed by atoms with Crippen molar-refractivity contribution in [1.29, 1.82) is 0 Å². The van der Waals surface area contributed by atoms with Gasteiger partial charge >= 0.3 is 5.97 Å². The summed E-state index contributed by atoms with van der Waals surface area (Å²) >= 11 is 6.98. The number of ketones is 1. The number of carbonyl (C=O) groups excluding carboxylic acids is 1. The van der Waals surface area contributed by atoms with Gasteiger partial charge in [0.15, 0.2) is 0 Å². The molecule has 5 heteroatoms. The van der Waals surface area contributed by atoms with E-state index in [0.29, 0.717) is 20.3 Å². The largest absolute Gasteiger partial charge is 0.481 e. The average Bonchev–Trinajstić information content (AvgIpc) is 2.87. The number of hydrogen-bond acceptors (Lipinski definition) is 3. The Hall–Kier alpha value is -1.65. The van der Waals surface area contributed by atoms with Crippen molar-refractivity contribution in [2.24, 2.45) is 0 Å². The first-order valence-corrected chi connectivity index (χ1v) is 6.81. The van der Waals surface area contributed by atoms with E-state index in [9.17, 15) is 9.59 Å². The molecule has 98 valence electrons. The summed E-state index contributed by atoms with van der Waals surface area (Å²) in [5.74, 6) is -1.62. The highest BCUT2D eigenvalue weighted by Crippen LogP contribution is 2.27. The van der Waals surface area contributed by atoms with Crippen molar-refractivity contribution < 1.29 is 14.7 Å². The molecule has 1 atom stereocenters. The molecule has 0 fully saturated rings. The molecule has 3 nitrogen and oxygen atoms in total. The summed E-state index contributed by atoms with van der Waals surface area (Å²) in [6.07, 6.45) is 0. The van der Waals surface area contributed by atoms with E-state index in [4.69, 9.17) is 16.7 Å². The van der Waals surface area contributed by atoms with E-state index in [1.165, 1.54) is 11.3 Å². The van der Waals surface area contributed by atoms with Crippen molar-refractivity contribution in [1.82, 2.24) is 0 Å². The Labute approximate surface area is 119 Å². The molecule has 0 bridgehead atoms. The third-order valence-corrected chi connectivity index (χ3v) is 4.27. The first-order valence-electron chi connectivity index (χ1n) is 5.62. The molecule has 2 rings (SSSR count). The zero-order chi connectivity index (χ0) is 14.0. The van der Waals surface area contributed by atoms with Gasteiger partial charge in [-0.2, -0.15) is 0 Å². The maximum atomic E-state index is 12.2. The molecule has 1 N–H and O–H groups in total. The average molecular weight is 295 g/mol. The Morgan fingerprint density at radius 3 is 2.37 bits per heavy atom. The number of benzene rings is 1. The molecule has 1 heterocycles. The minimum absolute atomic E-state index is 0.120. The second-order valence-corrected chi connectivity index (χ2v) is 5.65. The quantitative estimate of drug-likeness (QED) is 0.872. The molecule has 0 saturated heterocycles. The fourth-order valence-electron chi connectivity index (χ4n) is 1.57. The van der Waals surface area contributed by atoms with E-state index in [0.717, 1.165) is 0 Å². The molecule has 0 aliphatic carbocycles. The summed E-state index contributed by atoms with van der Waals surface area (Å²) in [6.45, 7) is 1.60. The smallest absolute Gasteiger partial charge is 0.311 e. The van der Waals surface area contributed by atoms with Crippen molar-refractivity contribution >= 4 is 34.7 Å². The van der Waals surface area contributed by atoms with Crippen LogP contribution >= 0.6 is 22.9 Å². The van der Waals surface area contributed by atoms with Crippen molar-refractivity contribution in [2.75, 3.05) is 0 Å². The minimum Gasteiger partial charge on any atom is -0.481 e. The van der Waals surface area contributed by atoms with Crippen LogP contribution in [-0.4, -0.2) is 16.9 Å². The Balaban J connectivity index is 2.25. The maximum absolute atomic E-state index is 12.2. The van der Waals surface area contributed by atoms with Gasteiger partial charge in [0.2, 0.25) is 5.78 Å². The minimum atomic E-state index is -0.896. The zero-order valence-electron chi connectivity index (χ0n) is 10.1. The van der Waals surface area contributed by atoms with Gasteiger partial charge in [-0.1, -0.05) is 11.6 Å². The highest BCUT2D eigenvalue weighted by Gasteiger charge is 2.18. The lowest BCUT2D eigenvalue weighted by Gasteiger charge is -2.01. The second kappa shape index (κ2) is 5.55. The van der Waals surface area contributed by atoms with Crippen molar-refractivity contribution in [3.8, 4) is 0 Å². The van der Waals surface area contributed by atoms with Gasteiger partial charge in [-0.25, -0.2) is 0 Å². The van der Waals surface area contributed by atoms with Crippen LogP contribution in [0.3, 0.4) is 0 Å². The predicted molar refractivity (Wildman–Crippen MR) is 75.3 cm³/mol. The van der Waals surface area contributed by atoms with Crippen LogP contribution in [0.25, 0.3) is 0 Å². The summed E-state index contributed by atoms with van der Waals surface area (Å²) in [7, 11) is 0. The lowest BCUT2D eigenvalue weighted by molar-refractivity contribution is -0.138. The molecule has 0 saturated carbocycles. The van der Waals surface area contributed by atoms with Crippen LogP contribution in [0.1, 0.15) is 33.0 Å². The Morgan fingerprint density at radius 2 is 1.79 bits per heavy atom. The number of carbonyl (C=O) groups is 2. The van der Waals surface area contributed by atoms with E-state index >= 15 is 0 Å². The standard InChI is InChI=1S/C14H11ClO3S/c1-8(14(17)18)11-6-7-12(19-11)13(16)9-2-4-10(15)5-3-9/h2-8H,1H3,(H,17,18). The van der Waals surface area contributed by atoms with Gasteiger partial charge in [-0.3, -0.25) is 9.59 Å². The van der Waals surface area contributed by atoms with Gasteiger partial charge in [0.05, 0.1) is 10.8 Å². The third kappa shape index (κ3) is 3.03. The molecule has 0 aliphatic heterocycles. The molecule has 0 radical (unpaired) electrons. The number of aliphatic carboxylic acids is 1. The topological polar surface area (TPSA) is 54.4 Å². The highest BCUT2D eigenvalue weighted by molar-refractivity contribution is 7.14. The molecule has 2 aromatic rings. The van der Waals surface area contributed by atoms with Crippen molar-refractivity contribution in [3.63, 3.8) is 0 Å². The van der Waals surface area contributed by atoms with Crippen LogP contribution in [0.2, 0.25) is 5.02 Å². The predicted octanol–water partition coefficient (Wildman–Crippen LogP) is 3.82. The Morgan fingerprint density at radius 1 is 1.16 bits per heavy atom. The van der Waals surface area contributed by atoms with E-state index < -0.39 is 11.9 Å². The molecular formula is C14H11ClO3S. The lowest BCUT2D eigenvalue weighted by Crippen LogP contribution is -2.05. The molecule has 1 aromatic carbocycles. The number of rotatable bonds is 4. The molecule has 0 amide bonds. The maximum Gasteiger partial charge on any atom is 0.311 e. The summed E-state index contributed by atoms with van der Waals surface area (Å²) < 4.78 is 0. The lowest BCUT2D eigenvalue weighted by atomic mass is 10.1. The number of carboxylic acid groups (broad SMARTS) is 1. The van der Waals surface area contributed by atoms with Crippen LogP contribution in [0, 0.1) is 0 Å².